The molecule has 2 saturated heterocycles. The van der Waals surface area contributed by atoms with Gasteiger partial charge in [-0.25, -0.2) is 0 Å². The third kappa shape index (κ3) is 5.94. The van der Waals surface area contributed by atoms with Crippen molar-refractivity contribution in [1.82, 2.24) is 10.2 Å². The summed E-state index contributed by atoms with van der Waals surface area (Å²) in [6.07, 6.45) is 10.5. The molecule has 3 nitrogen and oxygen atoms in total. The molecule has 1 atom stereocenters. The maximum atomic E-state index is 5.78. The highest BCUT2D eigenvalue weighted by Gasteiger charge is 2.19. The minimum atomic E-state index is 0.522. The number of allylic oxidation sites excluding steroid dienone is 1. The molecule has 2 rings (SSSR count). The minimum Gasteiger partial charge on any atom is -0.378 e. The van der Waals surface area contributed by atoms with Crippen molar-refractivity contribution in [2.45, 2.75) is 64.5 Å². The fourth-order valence-corrected chi connectivity index (χ4v) is 3.11. The molecule has 0 aromatic rings. The van der Waals surface area contributed by atoms with E-state index < -0.39 is 0 Å². The zero-order valence-corrected chi connectivity index (χ0v) is 13.4. The summed E-state index contributed by atoms with van der Waals surface area (Å²) >= 11 is 0. The van der Waals surface area contributed by atoms with Crippen molar-refractivity contribution in [2.24, 2.45) is 0 Å². The van der Waals surface area contributed by atoms with Crippen LogP contribution in [-0.4, -0.2) is 49.8 Å². The smallest absolute Gasteiger partial charge is 0.0587 e. The largest absolute Gasteiger partial charge is 0.378 e. The Morgan fingerprint density at radius 1 is 1.20 bits per heavy atom. The fraction of sp³-hybridized carbons (Fsp3) is 0.882. The first-order valence-electron chi connectivity index (χ1n) is 8.45. The molecule has 0 amide bonds. The number of rotatable bonds is 6. The lowest BCUT2D eigenvalue weighted by Crippen LogP contribution is -2.43. The molecule has 1 unspecified atom stereocenters. The molecule has 2 aliphatic rings. The molecule has 1 N–H and O–H groups in total. The summed E-state index contributed by atoms with van der Waals surface area (Å²) < 4.78 is 5.78. The van der Waals surface area contributed by atoms with Gasteiger partial charge in [-0.15, -0.1) is 0 Å². The molecular formula is C17H32N2O. The van der Waals surface area contributed by atoms with Crippen molar-refractivity contribution in [3.05, 3.63) is 11.6 Å². The Kier molecular flexibility index (Phi) is 7.05. The second-order valence-electron chi connectivity index (χ2n) is 6.59. The van der Waals surface area contributed by atoms with E-state index in [9.17, 15) is 0 Å². The van der Waals surface area contributed by atoms with Crippen molar-refractivity contribution >= 4 is 0 Å². The lowest BCUT2D eigenvalue weighted by atomic mass is 10.0. The van der Waals surface area contributed by atoms with Gasteiger partial charge in [0.25, 0.3) is 0 Å². The number of nitrogens with zero attached hydrogens (tertiary/aromatic N) is 1. The van der Waals surface area contributed by atoms with Crippen molar-refractivity contribution in [2.75, 3.05) is 32.8 Å². The van der Waals surface area contributed by atoms with Gasteiger partial charge in [0.05, 0.1) is 6.10 Å². The van der Waals surface area contributed by atoms with E-state index in [1.165, 1.54) is 57.2 Å². The van der Waals surface area contributed by atoms with E-state index in [1.807, 2.05) is 0 Å². The van der Waals surface area contributed by atoms with E-state index in [4.69, 9.17) is 4.74 Å². The quantitative estimate of drug-likeness (QED) is 0.757. The van der Waals surface area contributed by atoms with E-state index in [2.05, 4.69) is 30.1 Å². The summed E-state index contributed by atoms with van der Waals surface area (Å²) in [6, 6.07) is 0.724. The number of ether oxygens (including phenoxy) is 1. The second-order valence-corrected chi connectivity index (χ2v) is 6.59. The molecule has 0 aromatic heterocycles. The van der Waals surface area contributed by atoms with Crippen LogP contribution in [0.1, 0.15) is 52.4 Å². The standard InChI is InChI=1S/C17H32N2O/c1-15(2)7-11-19-12-8-16(9-13-19)18-10-6-17-5-3-4-14-20-17/h7,16-18H,3-6,8-14H2,1-2H3. The van der Waals surface area contributed by atoms with Crippen LogP contribution in [0.5, 0.6) is 0 Å². The SMILES string of the molecule is CC(C)=CCN1CCC(NCCC2CCCCO2)CC1. The molecule has 2 aliphatic heterocycles. The van der Waals surface area contributed by atoms with Crippen LogP contribution in [0.3, 0.4) is 0 Å². The van der Waals surface area contributed by atoms with Crippen LogP contribution in [0.2, 0.25) is 0 Å². The highest BCUT2D eigenvalue weighted by molar-refractivity contribution is 4.95. The molecule has 2 heterocycles. The Hall–Kier alpha value is -0.380. The average molecular weight is 280 g/mol. The lowest BCUT2D eigenvalue weighted by Gasteiger charge is -2.32. The summed E-state index contributed by atoms with van der Waals surface area (Å²) in [4.78, 5) is 2.56. The summed E-state index contributed by atoms with van der Waals surface area (Å²) in [5.41, 5.74) is 1.43. The first-order chi connectivity index (χ1) is 9.74. The van der Waals surface area contributed by atoms with Crippen molar-refractivity contribution < 1.29 is 4.74 Å². The minimum absolute atomic E-state index is 0.522. The van der Waals surface area contributed by atoms with Crippen molar-refractivity contribution in [3.63, 3.8) is 0 Å². The van der Waals surface area contributed by atoms with Crippen LogP contribution in [0, 0.1) is 0 Å². The van der Waals surface area contributed by atoms with E-state index in [0.717, 1.165) is 25.7 Å². The van der Waals surface area contributed by atoms with Crippen LogP contribution in [0.25, 0.3) is 0 Å². The number of nitrogens with one attached hydrogen (secondary N) is 1. The summed E-state index contributed by atoms with van der Waals surface area (Å²) in [5, 5.41) is 3.73. The predicted molar refractivity (Wildman–Crippen MR) is 85.1 cm³/mol. The molecule has 3 heteroatoms. The van der Waals surface area contributed by atoms with Gasteiger partial charge in [0.15, 0.2) is 0 Å². The monoisotopic (exact) mass is 280 g/mol. The van der Waals surface area contributed by atoms with Gasteiger partial charge in [0.1, 0.15) is 0 Å². The number of hydrogen-bond donors (Lipinski definition) is 1. The number of likely N-dealkylation sites (tertiary alicyclic amines) is 1. The summed E-state index contributed by atoms with van der Waals surface area (Å²) in [5.74, 6) is 0. The van der Waals surface area contributed by atoms with Crippen LogP contribution in [0.4, 0.5) is 0 Å². The molecule has 0 bridgehead atoms. The predicted octanol–water partition coefficient (Wildman–Crippen LogP) is 2.97. The first-order valence-corrected chi connectivity index (χ1v) is 8.45. The molecule has 0 saturated carbocycles. The van der Waals surface area contributed by atoms with Gasteiger partial charge < -0.3 is 10.1 Å². The van der Waals surface area contributed by atoms with Gasteiger partial charge in [-0.1, -0.05) is 11.6 Å². The molecule has 0 spiro atoms. The first kappa shape index (κ1) is 16.0. The molecule has 116 valence electrons. The number of piperidine rings is 1. The lowest BCUT2D eigenvalue weighted by molar-refractivity contribution is 0.0109. The maximum Gasteiger partial charge on any atom is 0.0587 e. The normalized spacial score (nSPS) is 25.6. The van der Waals surface area contributed by atoms with Crippen molar-refractivity contribution in [3.8, 4) is 0 Å². The van der Waals surface area contributed by atoms with Gasteiger partial charge in [-0.05, 0) is 72.0 Å². The molecule has 20 heavy (non-hydrogen) atoms. The van der Waals surface area contributed by atoms with Crippen LogP contribution in [0.15, 0.2) is 11.6 Å². The van der Waals surface area contributed by atoms with Gasteiger partial charge >= 0.3 is 0 Å². The van der Waals surface area contributed by atoms with Crippen LogP contribution < -0.4 is 5.32 Å². The van der Waals surface area contributed by atoms with Gasteiger partial charge in [0.2, 0.25) is 0 Å². The molecule has 0 aliphatic carbocycles. The van der Waals surface area contributed by atoms with Gasteiger partial charge in [-0.2, -0.15) is 0 Å². The third-order valence-corrected chi connectivity index (χ3v) is 4.52. The molecular weight excluding hydrogens is 248 g/mol. The Morgan fingerprint density at radius 3 is 2.65 bits per heavy atom. The van der Waals surface area contributed by atoms with Gasteiger partial charge in [0, 0.05) is 19.2 Å². The fourth-order valence-electron chi connectivity index (χ4n) is 3.11. The van der Waals surface area contributed by atoms with E-state index >= 15 is 0 Å². The summed E-state index contributed by atoms with van der Waals surface area (Å²) in [6.45, 7) is 10.1. The third-order valence-electron chi connectivity index (χ3n) is 4.52. The van der Waals surface area contributed by atoms with E-state index in [1.54, 1.807) is 0 Å². The maximum absolute atomic E-state index is 5.78. The van der Waals surface area contributed by atoms with Crippen LogP contribution in [-0.2, 0) is 4.74 Å². The van der Waals surface area contributed by atoms with Crippen molar-refractivity contribution in [1.29, 1.82) is 0 Å². The molecule has 2 fully saturated rings. The highest BCUT2D eigenvalue weighted by atomic mass is 16.5. The highest BCUT2D eigenvalue weighted by Crippen LogP contribution is 2.16. The zero-order chi connectivity index (χ0) is 14.2. The second kappa shape index (κ2) is 8.81. The Bertz CT molecular complexity index is 285. The Morgan fingerprint density at radius 2 is 2.00 bits per heavy atom. The van der Waals surface area contributed by atoms with E-state index in [0.29, 0.717) is 6.10 Å². The number of hydrogen-bond acceptors (Lipinski definition) is 3. The Labute approximate surface area is 124 Å². The average Bonchev–Trinajstić information content (AvgIpc) is 2.47. The topological polar surface area (TPSA) is 24.5 Å². The Balaban J connectivity index is 1.54. The van der Waals surface area contributed by atoms with E-state index in [-0.39, 0.29) is 0 Å². The van der Waals surface area contributed by atoms with Gasteiger partial charge in [-0.3, -0.25) is 4.90 Å². The zero-order valence-electron chi connectivity index (χ0n) is 13.4. The molecule has 0 aromatic carbocycles. The summed E-state index contributed by atoms with van der Waals surface area (Å²) in [7, 11) is 0. The van der Waals surface area contributed by atoms with Crippen LogP contribution >= 0.6 is 0 Å². The molecule has 0 radical (unpaired) electrons.